The number of fused-ring (bicyclic) bond motifs is 2. The second-order valence-electron chi connectivity index (χ2n) is 5.43. The van der Waals surface area contributed by atoms with Gasteiger partial charge in [0.25, 0.3) is 5.56 Å². The number of rotatable bonds is 1. The number of nitrogens with zero attached hydrogens (tertiary/aromatic N) is 1. The van der Waals surface area contributed by atoms with E-state index in [0.29, 0.717) is 4.77 Å². The van der Waals surface area contributed by atoms with Gasteiger partial charge in [0.1, 0.15) is 4.83 Å². The SMILES string of the molecule is O=c1c2ccsc2[nH]c(=S)n1C1CCc2ccccc2C1. The molecule has 5 heteroatoms. The van der Waals surface area contributed by atoms with E-state index < -0.39 is 0 Å². The highest BCUT2D eigenvalue weighted by molar-refractivity contribution is 7.71. The van der Waals surface area contributed by atoms with Crippen molar-refractivity contribution in [2.75, 3.05) is 0 Å². The van der Waals surface area contributed by atoms with E-state index in [1.165, 1.54) is 22.5 Å². The third kappa shape index (κ3) is 2.08. The van der Waals surface area contributed by atoms with Crippen molar-refractivity contribution >= 4 is 33.8 Å². The summed E-state index contributed by atoms with van der Waals surface area (Å²) in [7, 11) is 0. The summed E-state index contributed by atoms with van der Waals surface area (Å²) in [6.07, 6.45) is 2.84. The number of aryl methyl sites for hydroxylation is 1. The molecule has 1 aliphatic carbocycles. The first-order valence-corrected chi connectivity index (χ1v) is 8.31. The number of aromatic amines is 1. The molecule has 2 heterocycles. The Bertz CT molecular complexity index is 935. The highest BCUT2D eigenvalue weighted by Gasteiger charge is 2.22. The van der Waals surface area contributed by atoms with Crippen molar-refractivity contribution in [2.45, 2.75) is 25.3 Å². The van der Waals surface area contributed by atoms with Gasteiger partial charge in [-0.1, -0.05) is 24.3 Å². The highest BCUT2D eigenvalue weighted by Crippen LogP contribution is 2.28. The highest BCUT2D eigenvalue weighted by atomic mass is 32.1. The van der Waals surface area contributed by atoms with Gasteiger partial charge in [-0.05, 0) is 54.1 Å². The van der Waals surface area contributed by atoms with Gasteiger partial charge in [0.15, 0.2) is 4.77 Å². The third-order valence-corrected chi connectivity index (χ3v) is 5.37. The summed E-state index contributed by atoms with van der Waals surface area (Å²) in [5, 5.41) is 2.67. The van der Waals surface area contributed by atoms with Gasteiger partial charge in [-0.2, -0.15) is 0 Å². The van der Waals surface area contributed by atoms with Crippen molar-refractivity contribution in [3.05, 3.63) is 62.0 Å². The molecule has 0 amide bonds. The van der Waals surface area contributed by atoms with Crippen molar-refractivity contribution in [1.82, 2.24) is 9.55 Å². The van der Waals surface area contributed by atoms with Gasteiger partial charge in [-0.15, -0.1) is 11.3 Å². The van der Waals surface area contributed by atoms with Crippen LogP contribution in [0, 0.1) is 4.77 Å². The van der Waals surface area contributed by atoms with Crippen molar-refractivity contribution in [3.63, 3.8) is 0 Å². The van der Waals surface area contributed by atoms with Crippen LogP contribution in [0.1, 0.15) is 23.6 Å². The predicted octanol–water partition coefficient (Wildman–Crippen LogP) is 3.85. The smallest absolute Gasteiger partial charge is 0.263 e. The zero-order valence-electron chi connectivity index (χ0n) is 11.3. The second kappa shape index (κ2) is 4.93. The Labute approximate surface area is 130 Å². The molecule has 3 aromatic rings. The molecule has 4 rings (SSSR count). The number of hydrogen-bond donors (Lipinski definition) is 1. The van der Waals surface area contributed by atoms with E-state index in [2.05, 4.69) is 29.2 Å². The molecule has 1 N–H and O–H groups in total. The van der Waals surface area contributed by atoms with Crippen molar-refractivity contribution in [2.24, 2.45) is 0 Å². The predicted molar refractivity (Wildman–Crippen MR) is 88.8 cm³/mol. The van der Waals surface area contributed by atoms with Gasteiger partial charge >= 0.3 is 0 Å². The zero-order chi connectivity index (χ0) is 14.4. The number of thiophene rings is 1. The van der Waals surface area contributed by atoms with Crippen LogP contribution in [0.5, 0.6) is 0 Å². The maximum atomic E-state index is 12.7. The number of aromatic nitrogens is 2. The van der Waals surface area contributed by atoms with Gasteiger partial charge < -0.3 is 4.98 Å². The quantitative estimate of drug-likeness (QED) is 0.693. The lowest BCUT2D eigenvalue weighted by molar-refractivity contribution is 0.424. The molecule has 3 nitrogen and oxygen atoms in total. The monoisotopic (exact) mass is 314 g/mol. The van der Waals surface area contributed by atoms with Crippen LogP contribution in [0.3, 0.4) is 0 Å². The van der Waals surface area contributed by atoms with Gasteiger partial charge in [-0.25, -0.2) is 0 Å². The van der Waals surface area contributed by atoms with Crippen LogP contribution in [0.15, 0.2) is 40.5 Å². The van der Waals surface area contributed by atoms with E-state index in [1.807, 2.05) is 11.4 Å². The average Bonchev–Trinajstić information content (AvgIpc) is 2.95. The summed E-state index contributed by atoms with van der Waals surface area (Å²) in [6, 6.07) is 10.5. The minimum Gasteiger partial charge on any atom is -0.323 e. The summed E-state index contributed by atoms with van der Waals surface area (Å²) < 4.78 is 2.32. The lowest BCUT2D eigenvalue weighted by Crippen LogP contribution is -2.29. The summed E-state index contributed by atoms with van der Waals surface area (Å²) in [4.78, 5) is 16.8. The molecular weight excluding hydrogens is 300 g/mol. The van der Waals surface area contributed by atoms with Crippen LogP contribution in [-0.2, 0) is 12.8 Å². The Morgan fingerprint density at radius 1 is 1.24 bits per heavy atom. The number of nitrogens with one attached hydrogen (secondary N) is 1. The minimum absolute atomic E-state index is 0.0411. The van der Waals surface area contributed by atoms with E-state index in [-0.39, 0.29) is 11.6 Å². The minimum atomic E-state index is 0.0411. The Kier molecular flexibility index (Phi) is 3.05. The van der Waals surface area contributed by atoms with Gasteiger partial charge in [0.2, 0.25) is 0 Å². The third-order valence-electron chi connectivity index (χ3n) is 4.24. The molecule has 21 heavy (non-hydrogen) atoms. The second-order valence-corrected chi connectivity index (χ2v) is 6.74. The van der Waals surface area contributed by atoms with E-state index in [9.17, 15) is 4.79 Å². The molecule has 0 bridgehead atoms. The molecule has 106 valence electrons. The molecule has 1 aromatic carbocycles. The molecule has 0 spiro atoms. The Morgan fingerprint density at radius 3 is 2.90 bits per heavy atom. The lowest BCUT2D eigenvalue weighted by atomic mass is 9.88. The molecule has 1 aliphatic rings. The molecule has 1 atom stereocenters. The van der Waals surface area contributed by atoms with Crippen LogP contribution in [-0.4, -0.2) is 9.55 Å². The fraction of sp³-hybridized carbons (Fsp3) is 0.250. The summed E-state index contributed by atoms with van der Waals surface area (Å²) in [5.74, 6) is 0. The largest absolute Gasteiger partial charge is 0.323 e. The topological polar surface area (TPSA) is 37.8 Å². The first kappa shape index (κ1) is 13.0. The normalized spacial score (nSPS) is 17.8. The maximum Gasteiger partial charge on any atom is 0.263 e. The van der Waals surface area contributed by atoms with Crippen LogP contribution < -0.4 is 5.56 Å². The molecule has 1 unspecified atom stereocenters. The molecule has 0 saturated heterocycles. The fourth-order valence-electron chi connectivity index (χ4n) is 3.18. The van der Waals surface area contributed by atoms with Crippen molar-refractivity contribution in [3.8, 4) is 0 Å². The molecule has 0 saturated carbocycles. The Morgan fingerprint density at radius 2 is 2.05 bits per heavy atom. The van der Waals surface area contributed by atoms with E-state index in [0.717, 1.165) is 29.5 Å². The van der Waals surface area contributed by atoms with E-state index in [1.54, 1.807) is 4.57 Å². The van der Waals surface area contributed by atoms with Crippen LogP contribution in [0.4, 0.5) is 0 Å². The number of hydrogen-bond acceptors (Lipinski definition) is 3. The number of H-pyrrole nitrogens is 1. The molecule has 2 aromatic heterocycles. The van der Waals surface area contributed by atoms with Gasteiger partial charge in [0, 0.05) is 6.04 Å². The molecule has 0 fully saturated rings. The zero-order valence-corrected chi connectivity index (χ0v) is 13.0. The van der Waals surface area contributed by atoms with Crippen molar-refractivity contribution < 1.29 is 0 Å². The summed E-state index contributed by atoms with van der Waals surface area (Å²) >= 11 is 6.95. The fourth-order valence-corrected chi connectivity index (χ4v) is 4.36. The van der Waals surface area contributed by atoms with Crippen LogP contribution in [0.2, 0.25) is 0 Å². The van der Waals surface area contributed by atoms with Gasteiger partial charge in [0.05, 0.1) is 5.39 Å². The Hall–Kier alpha value is -1.72. The van der Waals surface area contributed by atoms with E-state index in [4.69, 9.17) is 12.2 Å². The summed E-state index contributed by atoms with van der Waals surface area (Å²) in [6.45, 7) is 0. The number of benzene rings is 1. The first-order valence-electron chi connectivity index (χ1n) is 7.03. The maximum absolute atomic E-state index is 12.7. The standard InChI is InChI=1S/C16H14N2OS2/c19-15-13-7-8-21-14(13)17-16(20)18(15)12-6-5-10-3-1-2-4-11(10)9-12/h1-4,7-8,12H,5-6,9H2,(H,17,20). The lowest BCUT2D eigenvalue weighted by Gasteiger charge is -2.26. The van der Waals surface area contributed by atoms with Crippen LogP contribution >= 0.6 is 23.6 Å². The molecule has 0 radical (unpaired) electrons. The Balaban J connectivity index is 1.85. The van der Waals surface area contributed by atoms with Crippen LogP contribution in [0.25, 0.3) is 10.2 Å². The van der Waals surface area contributed by atoms with Crippen molar-refractivity contribution in [1.29, 1.82) is 0 Å². The molecule has 0 aliphatic heterocycles. The average molecular weight is 314 g/mol. The molecular formula is C16H14N2OS2. The van der Waals surface area contributed by atoms with E-state index >= 15 is 0 Å². The van der Waals surface area contributed by atoms with Gasteiger partial charge in [-0.3, -0.25) is 9.36 Å². The summed E-state index contributed by atoms with van der Waals surface area (Å²) in [5.41, 5.74) is 2.77. The first-order chi connectivity index (χ1) is 10.2.